The second-order valence-corrected chi connectivity index (χ2v) is 4.73. The zero-order valence-electron chi connectivity index (χ0n) is 9.52. The monoisotopic (exact) mass is 235 g/mol. The lowest BCUT2D eigenvalue weighted by Gasteiger charge is -2.30. The van der Waals surface area contributed by atoms with E-state index in [1.807, 2.05) is 17.9 Å². The Morgan fingerprint density at radius 1 is 1.44 bits per heavy atom. The first kappa shape index (κ1) is 11.5. The molecule has 1 aromatic carbocycles. The summed E-state index contributed by atoms with van der Waals surface area (Å²) in [7, 11) is 0. The molecule has 0 N–H and O–H groups in total. The highest BCUT2D eigenvalue weighted by molar-refractivity contribution is 7.80. The van der Waals surface area contributed by atoms with E-state index in [0.717, 1.165) is 19.5 Å². The van der Waals surface area contributed by atoms with Crippen molar-refractivity contribution in [2.75, 3.05) is 12.3 Å². The molecule has 1 aromatic rings. The molecule has 0 aliphatic carbocycles. The average molecular weight is 235 g/mol. The summed E-state index contributed by atoms with van der Waals surface area (Å²) >= 11 is 4.18. The Morgan fingerprint density at radius 2 is 2.12 bits per heavy atom. The third-order valence-corrected chi connectivity index (χ3v) is 3.69. The summed E-state index contributed by atoms with van der Waals surface area (Å²) in [5.74, 6) is 0.870. The van der Waals surface area contributed by atoms with Gasteiger partial charge in [0.1, 0.15) is 0 Å². The van der Waals surface area contributed by atoms with E-state index in [4.69, 9.17) is 0 Å². The van der Waals surface area contributed by atoms with Crippen molar-refractivity contribution in [3.63, 3.8) is 0 Å². The summed E-state index contributed by atoms with van der Waals surface area (Å²) in [5, 5.41) is 0. The fourth-order valence-corrected chi connectivity index (χ4v) is 2.23. The van der Waals surface area contributed by atoms with E-state index in [2.05, 4.69) is 30.8 Å². The molecule has 1 atom stereocenters. The molecule has 1 aliphatic heterocycles. The van der Waals surface area contributed by atoms with E-state index in [0.29, 0.717) is 5.75 Å². The zero-order valence-corrected chi connectivity index (χ0v) is 10.4. The van der Waals surface area contributed by atoms with E-state index in [1.165, 1.54) is 11.1 Å². The van der Waals surface area contributed by atoms with Crippen LogP contribution < -0.4 is 0 Å². The van der Waals surface area contributed by atoms with Gasteiger partial charge in [0.2, 0.25) is 5.91 Å². The Bertz CT molecular complexity index is 391. The fraction of sp³-hybridized carbons (Fsp3) is 0.462. The third kappa shape index (κ3) is 2.24. The number of hydrogen-bond donors (Lipinski definition) is 1. The van der Waals surface area contributed by atoms with Crippen LogP contribution in [0.5, 0.6) is 0 Å². The molecule has 0 saturated carbocycles. The molecule has 86 valence electrons. The SMILES string of the molecule is C[C@H](CS)C(=O)N1CCc2ccccc2C1. The number of hydrogen-bond acceptors (Lipinski definition) is 2. The fourth-order valence-electron chi connectivity index (χ4n) is 2.07. The van der Waals surface area contributed by atoms with Crippen LogP contribution >= 0.6 is 12.6 Å². The van der Waals surface area contributed by atoms with Crippen molar-refractivity contribution in [1.29, 1.82) is 0 Å². The molecule has 1 aliphatic rings. The van der Waals surface area contributed by atoms with Gasteiger partial charge >= 0.3 is 0 Å². The van der Waals surface area contributed by atoms with Gasteiger partial charge in [0.05, 0.1) is 0 Å². The lowest BCUT2D eigenvalue weighted by atomic mass is 9.99. The zero-order chi connectivity index (χ0) is 11.5. The first-order valence-corrected chi connectivity index (χ1v) is 6.32. The lowest BCUT2D eigenvalue weighted by molar-refractivity contribution is -0.135. The summed E-state index contributed by atoms with van der Waals surface area (Å²) in [6.45, 7) is 3.54. The van der Waals surface area contributed by atoms with Crippen LogP contribution in [0.15, 0.2) is 24.3 Å². The van der Waals surface area contributed by atoms with Crippen LogP contribution in [0.4, 0.5) is 0 Å². The van der Waals surface area contributed by atoms with Crippen molar-refractivity contribution < 1.29 is 4.79 Å². The highest BCUT2D eigenvalue weighted by atomic mass is 32.1. The third-order valence-electron chi connectivity index (χ3n) is 3.14. The minimum atomic E-state index is 0.0218. The van der Waals surface area contributed by atoms with Crippen LogP contribution in [0.1, 0.15) is 18.1 Å². The molecular formula is C13H17NOS. The van der Waals surface area contributed by atoms with Crippen molar-refractivity contribution in [2.45, 2.75) is 19.9 Å². The van der Waals surface area contributed by atoms with Gasteiger partial charge in [-0.25, -0.2) is 0 Å². The first-order valence-electron chi connectivity index (χ1n) is 5.69. The molecule has 0 saturated heterocycles. The number of amides is 1. The maximum absolute atomic E-state index is 12.0. The Hall–Kier alpha value is -0.960. The van der Waals surface area contributed by atoms with Gasteiger partial charge in [-0.3, -0.25) is 4.79 Å². The molecular weight excluding hydrogens is 218 g/mol. The molecule has 2 nitrogen and oxygen atoms in total. The summed E-state index contributed by atoms with van der Waals surface area (Å²) in [5.41, 5.74) is 2.67. The number of nitrogens with zero attached hydrogens (tertiary/aromatic N) is 1. The van der Waals surface area contributed by atoms with Crippen LogP contribution in [0.2, 0.25) is 0 Å². The highest BCUT2D eigenvalue weighted by Gasteiger charge is 2.23. The van der Waals surface area contributed by atoms with E-state index in [-0.39, 0.29) is 11.8 Å². The van der Waals surface area contributed by atoms with E-state index in [9.17, 15) is 4.79 Å². The van der Waals surface area contributed by atoms with Crippen molar-refractivity contribution in [3.05, 3.63) is 35.4 Å². The smallest absolute Gasteiger partial charge is 0.226 e. The van der Waals surface area contributed by atoms with Gasteiger partial charge in [-0.1, -0.05) is 31.2 Å². The molecule has 0 spiro atoms. The summed E-state index contributed by atoms with van der Waals surface area (Å²) in [4.78, 5) is 14.0. The van der Waals surface area contributed by atoms with Crippen molar-refractivity contribution in [3.8, 4) is 0 Å². The van der Waals surface area contributed by atoms with Gasteiger partial charge in [0, 0.05) is 24.8 Å². The van der Waals surface area contributed by atoms with Crippen molar-refractivity contribution in [2.24, 2.45) is 5.92 Å². The standard InChI is InChI=1S/C13H17NOS/c1-10(9-16)13(15)14-7-6-11-4-2-3-5-12(11)8-14/h2-5,10,16H,6-9H2,1H3/t10-/m1/s1. The number of benzene rings is 1. The van der Waals surface area contributed by atoms with Gasteiger partial charge in [-0.05, 0) is 17.5 Å². The maximum atomic E-state index is 12.0. The molecule has 2 rings (SSSR count). The Kier molecular flexibility index (Phi) is 3.54. The number of carbonyl (C=O) groups excluding carboxylic acids is 1. The summed E-state index contributed by atoms with van der Waals surface area (Å²) in [6, 6.07) is 8.36. The van der Waals surface area contributed by atoms with Crippen molar-refractivity contribution >= 4 is 18.5 Å². The van der Waals surface area contributed by atoms with Crippen LogP contribution in [-0.2, 0) is 17.8 Å². The molecule has 0 unspecified atom stereocenters. The molecule has 1 heterocycles. The number of thiol groups is 1. The number of carbonyl (C=O) groups is 1. The average Bonchev–Trinajstić information content (AvgIpc) is 2.36. The van der Waals surface area contributed by atoms with Crippen LogP contribution in [-0.4, -0.2) is 23.1 Å². The topological polar surface area (TPSA) is 20.3 Å². The Labute approximate surface area is 102 Å². The van der Waals surface area contributed by atoms with Crippen LogP contribution in [0.3, 0.4) is 0 Å². The lowest BCUT2D eigenvalue weighted by Crippen LogP contribution is -2.39. The minimum Gasteiger partial charge on any atom is -0.338 e. The molecule has 1 amide bonds. The van der Waals surface area contributed by atoms with Gasteiger partial charge in [0.25, 0.3) is 0 Å². The normalized spacial score (nSPS) is 16.8. The second-order valence-electron chi connectivity index (χ2n) is 4.36. The molecule has 0 fully saturated rings. The van der Waals surface area contributed by atoms with E-state index >= 15 is 0 Å². The summed E-state index contributed by atoms with van der Waals surface area (Å²) in [6.07, 6.45) is 0.973. The van der Waals surface area contributed by atoms with Crippen molar-refractivity contribution in [1.82, 2.24) is 4.90 Å². The van der Waals surface area contributed by atoms with E-state index < -0.39 is 0 Å². The first-order chi connectivity index (χ1) is 7.72. The molecule has 3 heteroatoms. The predicted octanol–water partition coefficient (Wildman–Crippen LogP) is 2.14. The summed E-state index contributed by atoms with van der Waals surface area (Å²) < 4.78 is 0. The van der Waals surface area contributed by atoms with Gasteiger partial charge in [-0.2, -0.15) is 12.6 Å². The molecule has 0 aromatic heterocycles. The number of rotatable bonds is 2. The largest absolute Gasteiger partial charge is 0.338 e. The Morgan fingerprint density at radius 3 is 2.81 bits per heavy atom. The number of fused-ring (bicyclic) bond motifs is 1. The van der Waals surface area contributed by atoms with E-state index in [1.54, 1.807) is 0 Å². The second kappa shape index (κ2) is 4.91. The maximum Gasteiger partial charge on any atom is 0.226 e. The van der Waals surface area contributed by atoms with Gasteiger partial charge in [-0.15, -0.1) is 0 Å². The molecule has 0 bridgehead atoms. The highest BCUT2D eigenvalue weighted by Crippen LogP contribution is 2.20. The predicted molar refractivity (Wildman–Crippen MR) is 68.6 cm³/mol. The van der Waals surface area contributed by atoms with Crippen LogP contribution in [0, 0.1) is 5.92 Å². The van der Waals surface area contributed by atoms with Gasteiger partial charge in [0.15, 0.2) is 0 Å². The molecule has 16 heavy (non-hydrogen) atoms. The molecule has 0 radical (unpaired) electrons. The van der Waals surface area contributed by atoms with Crippen LogP contribution in [0.25, 0.3) is 0 Å². The minimum absolute atomic E-state index is 0.0218. The quantitative estimate of drug-likeness (QED) is 0.779. The van der Waals surface area contributed by atoms with Gasteiger partial charge < -0.3 is 4.90 Å². The Balaban J connectivity index is 2.11.